The number of rotatable bonds is 7. The molecule has 1 aliphatic heterocycles. The Morgan fingerprint density at radius 2 is 1.77 bits per heavy atom. The van der Waals surface area contributed by atoms with Crippen molar-refractivity contribution in [2.75, 3.05) is 11.9 Å². The molecular weight excluding hydrogens is 654 g/mol. The maximum atomic E-state index is 13.0. The summed E-state index contributed by atoms with van der Waals surface area (Å²) < 4.78 is 45.6. The highest BCUT2D eigenvalue weighted by Gasteiger charge is 2.37. The zero-order valence-corrected chi connectivity index (χ0v) is 22.4. The van der Waals surface area contributed by atoms with Gasteiger partial charge < -0.3 is 10.1 Å². The number of benzene rings is 3. The van der Waals surface area contributed by atoms with Gasteiger partial charge in [-0.05, 0) is 82.9 Å². The number of hydrogen-bond donors (Lipinski definition) is 1. The lowest BCUT2D eigenvalue weighted by Crippen LogP contribution is -2.36. The van der Waals surface area contributed by atoms with Crippen molar-refractivity contribution in [2.45, 2.75) is 6.18 Å². The number of ether oxygens (including phenoxy) is 1. The molecule has 0 bridgehead atoms. The van der Waals surface area contributed by atoms with Gasteiger partial charge in [0.05, 0.1) is 15.4 Å². The first-order valence-corrected chi connectivity index (χ1v) is 12.7. The molecule has 0 spiro atoms. The number of hydrogen-bond acceptors (Lipinski definition) is 7. The molecule has 1 fully saturated rings. The van der Waals surface area contributed by atoms with Crippen LogP contribution in [0, 0.1) is 13.7 Å². The summed E-state index contributed by atoms with van der Waals surface area (Å²) in [4.78, 5) is 48.9. The van der Waals surface area contributed by atoms with Crippen LogP contribution in [0.4, 0.5) is 29.3 Å². The van der Waals surface area contributed by atoms with Crippen molar-refractivity contribution in [1.82, 2.24) is 4.90 Å². The van der Waals surface area contributed by atoms with Crippen LogP contribution in [-0.4, -0.2) is 33.4 Å². The zero-order chi connectivity index (χ0) is 28.3. The van der Waals surface area contributed by atoms with Gasteiger partial charge in [-0.2, -0.15) is 13.2 Å². The number of halogens is 4. The molecule has 4 rings (SSSR count). The minimum absolute atomic E-state index is 0.0105. The van der Waals surface area contributed by atoms with Crippen LogP contribution in [-0.2, 0) is 15.8 Å². The minimum Gasteiger partial charge on any atom is -0.449 e. The van der Waals surface area contributed by atoms with E-state index in [2.05, 4.69) is 27.9 Å². The van der Waals surface area contributed by atoms with Gasteiger partial charge in [0.2, 0.25) is 11.7 Å². The number of amides is 3. The van der Waals surface area contributed by atoms with Crippen LogP contribution in [0.5, 0.6) is 11.5 Å². The third-order valence-corrected chi connectivity index (χ3v) is 6.84. The molecule has 0 saturated carbocycles. The van der Waals surface area contributed by atoms with E-state index in [0.717, 1.165) is 14.5 Å². The van der Waals surface area contributed by atoms with E-state index in [1.54, 1.807) is 30.3 Å². The van der Waals surface area contributed by atoms with E-state index in [1.165, 1.54) is 24.3 Å². The Balaban J connectivity index is 1.54. The van der Waals surface area contributed by atoms with Gasteiger partial charge in [0.25, 0.3) is 11.1 Å². The van der Waals surface area contributed by atoms with Gasteiger partial charge in [-0.25, -0.2) is 0 Å². The average molecular weight is 669 g/mol. The molecule has 3 amide bonds. The molecule has 1 N–H and O–H groups in total. The van der Waals surface area contributed by atoms with Crippen LogP contribution in [0.2, 0.25) is 0 Å². The van der Waals surface area contributed by atoms with Crippen LogP contribution >= 0.6 is 34.4 Å². The first kappa shape index (κ1) is 28.1. The van der Waals surface area contributed by atoms with Crippen molar-refractivity contribution in [3.63, 3.8) is 0 Å². The summed E-state index contributed by atoms with van der Waals surface area (Å²) in [6, 6.07) is 14.7. The summed E-state index contributed by atoms with van der Waals surface area (Å²) in [7, 11) is 0. The number of thioether (sulfide) groups is 1. The number of nitro groups is 1. The number of carbonyl (C=O) groups excluding carboxylic acids is 3. The van der Waals surface area contributed by atoms with E-state index in [1.807, 2.05) is 0 Å². The van der Waals surface area contributed by atoms with E-state index in [-0.39, 0.29) is 16.2 Å². The minimum atomic E-state index is -4.79. The standard InChI is InChI=1S/C25H15F3IN3O6S/c26-25(27,28)15-5-10-20(18(12-15)32(36)37)38-19-4-2-1-3-14(19)11-21-23(34)31(24(35)39-21)13-22(33)30-17-8-6-16(29)7-9-17/h1-12H,13H2,(H,30,33)/b21-11-. The van der Waals surface area contributed by atoms with Crippen molar-refractivity contribution >= 4 is 68.9 Å². The van der Waals surface area contributed by atoms with E-state index in [0.29, 0.717) is 29.6 Å². The van der Waals surface area contributed by atoms with E-state index in [9.17, 15) is 37.7 Å². The number of alkyl halides is 3. The largest absolute Gasteiger partial charge is 0.449 e. The Kier molecular flexibility index (Phi) is 8.25. The van der Waals surface area contributed by atoms with Crippen molar-refractivity contribution in [2.24, 2.45) is 0 Å². The predicted molar refractivity (Wildman–Crippen MR) is 145 cm³/mol. The quantitative estimate of drug-likeness (QED) is 0.129. The second-order valence-corrected chi connectivity index (χ2v) is 10.1. The number of nitrogens with one attached hydrogen (secondary N) is 1. The number of carbonyl (C=O) groups is 3. The lowest BCUT2D eigenvalue weighted by atomic mass is 10.1. The fourth-order valence-electron chi connectivity index (χ4n) is 3.39. The van der Waals surface area contributed by atoms with Gasteiger partial charge in [-0.3, -0.25) is 29.4 Å². The number of anilines is 1. The predicted octanol–water partition coefficient (Wildman–Crippen LogP) is 6.69. The molecule has 14 heteroatoms. The normalized spacial score (nSPS) is 14.6. The number of para-hydroxylation sites is 1. The van der Waals surface area contributed by atoms with Gasteiger partial charge in [0.15, 0.2) is 0 Å². The molecule has 1 heterocycles. The lowest BCUT2D eigenvalue weighted by Gasteiger charge is -2.13. The fourth-order valence-corrected chi connectivity index (χ4v) is 4.58. The van der Waals surface area contributed by atoms with Gasteiger partial charge in [0, 0.05) is 20.9 Å². The van der Waals surface area contributed by atoms with Gasteiger partial charge in [-0.15, -0.1) is 0 Å². The number of nitro benzene ring substituents is 1. The highest BCUT2D eigenvalue weighted by molar-refractivity contribution is 14.1. The third kappa shape index (κ3) is 6.75. The van der Waals surface area contributed by atoms with E-state index < -0.39 is 51.7 Å². The Bertz CT molecular complexity index is 1510. The summed E-state index contributed by atoms with van der Waals surface area (Å²) in [6.07, 6.45) is -3.49. The first-order chi connectivity index (χ1) is 18.4. The van der Waals surface area contributed by atoms with Gasteiger partial charge >= 0.3 is 11.9 Å². The molecule has 3 aromatic rings. The summed E-state index contributed by atoms with van der Waals surface area (Å²) in [5.41, 5.74) is -1.40. The summed E-state index contributed by atoms with van der Waals surface area (Å²) >= 11 is 2.69. The smallest absolute Gasteiger partial charge is 0.416 e. The second kappa shape index (κ2) is 11.4. The topological polar surface area (TPSA) is 119 Å². The molecule has 9 nitrogen and oxygen atoms in total. The fraction of sp³-hybridized carbons (Fsp3) is 0.0800. The van der Waals surface area contributed by atoms with Crippen molar-refractivity contribution < 1.29 is 37.2 Å². The van der Waals surface area contributed by atoms with Gasteiger partial charge in [-0.1, -0.05) is 18.2 Å². The SMILES string of the molecule is O=C(CN1C(=O)S/C(=C\c2ccccc2Oc2ccc(C(F)(F)F)cc2[N+](=O)[O-])C1=O)Nc1ccc(I)cc1. The summed E-state index contributed by atoms with van der Waals surface area (Å²) in [5.74, 6) is -1.78. The average Bonchev–Trinajstić information content (AvgIpc) is 3.13. The highest BCUT2D eigenvalue weighted by atomic mass is 127. The maximum Gasteiger partial charge on any atom is 0.416 e. The molecule has 0 unspecified atom stereocenters. The Hall–Kier alpha value is -3.92. The molecule has 1 aliphatic rings. The third-order valence-electron chi connectivity index (χ3n) is 5.21. The molecule has 3 aromatic carbocycles. The van der Waals surface area contributed by atoms with Crippen LogP contribution in [0.15, 0.2) is 71.6 Å². The number of imide groups is 1. The molecular formula is C25H15F3IN3O6S. The first-order valence-electron chi connectivity index (χ1n) is 10.9. The van der Waals surface area contributed by atoms with Crippen molar-refractivity contribution in [3.8, 4) is 11.5 Å². The van der Waals surface area contributed by atoms with Crippen LogP contribution < -0.4 is 10.1 Å². The molecule has 0 radical (unpaired) electrons. The summed E-state index contributed by atoms with van der Waals surface area (Å²) in [6.45, 7) is -0.524. The van der Waals surface area contributed by atoms with Crippen molar-refractivity contribution in [1.29, 1.82) is 0 Å². The Morgan fingerprint density at radius 3 is 2.44 bits per heavy atom. The molecule has 200 valence electrons. The van der Waals surface area contributed by atoms with E-state index in [4.69, 9.17) is 4.74 Å². The summed E-state index contributed by atoms with van der Waals surface area (Å²) in [5, 5.41) is 13.3. The number of nitrogens with zero attached hydrogens (tertiary/aromatic N) is 2. The lowest BCUT2D eigenvalue weighted by molar-refractivity contribution is -0.385. The van der Waals surface area contributed by atoms with Crippen LogP contribution in [0.3, 0.4) is 0 Å². The molecule has 1 saturated heterocycles. The van der Waals surface area contributed by atoms with Crippen molar-refractivity contribution in [3.05, 3.63) is 96.4 Å². The maximum absolute atomic E-state index is 13.0. The van der Waals surface area contributed by atoms with E-state index >= 15 is 0 Å². The van der Waals surface area contributed by atoms with Gasteiger partial charge in [0.1, 0.15) is 12.3 Å². The Morgan fingerprint density at radius 1 is 1.08 bits per heavy atom. The molecule has 39 heavy (non-hydrogen) atoms. The zero-order valence-electron chi connectivity index (χ0n) is 19.4. The van der Waals surface area contributed by atoms with Crippen LogP contribution in [0.25, 0.3) is 6.08 Å². The highest BCUT2D eigenvalue weighted by Crippen LogP contribution is 2.40. The molecule has 0 aliphatic carbocycles. The molecule has 0 atom stereocenters. The Labute approximate surface area is 236 Å². The van der Waals surface area contributed by atoms with Crippen LogP contribution in [0.1, 0.15) is 11.1 Å². The monoisotopic (exact) mass is 669 g/mol. The second-order valence-electron chi connectivity index (χ2n) is 7.90. The molecule has 0 aromatic heterocycles.